The summed E-state index contributed by atoms with van der Waals surface area (Å²) in [4.78, 5) is 20.8. The van der Waals surface area contributed by atoms with E-state index < -0.39 is 11.7 Å². The third-order valence-corrected chi connectivity index (χ3v) is 4.55. The first-order valence-electron chi connectivity index (χ1n) is 9.02. The number of halogens is 2. The highest BCUT2D eigenvalue weighted by Crippen LogP contribution is 2.26. The molecule has 3 aromatic rings. The first-order valence-corrected chi connectivity index (χ1v) is 9.40. The maximum atomic E-state index is 15.1. The van der Waals surface area contributed by atoms with Gasteiger partial charge in [0.2, 0.25) is 5.90 Å². The van der Waals surface area contributed by atoms with E-state index in [1.54, 1.807) is 25.1 Å². The van der Waals surface area contributed by atoms with Gasteiger partial charge in [-0.1, -0.05) is 17.7 Å². The van der Waals surface area contributed by atoms with Gasteiger partial charge in [0.05, 0.1) is 40.8 Å². The van der Waals surface area contributed by atoms with Crippen LogP contribution in [0.1, 0.15) is 27.2 Å². The zero-order valence-corrected chi connectivity index (χ0v) is 17.5. The number of nitrogens with zero attached hydrogens (tertiary/aromatic N) is 2. The lowest BCUT2D eigenvalue weighted by Gasteiger charge is -2.13. The molecule has 0 aliphatic carbocycles. The van der Waals surface area contributed by atoms with Crippen LogP contribution >= 0.6 is 11.6 Å². The number of anilines is 2. The fourth-order valence-electron chi connectivity index (χ4n) is 2.72. The molecule has 3 rings (SSSR count). The maximum Gasteiger partial charge on any atom is 0.259 e. The number of aryl methyl sites for hydroxylation is 1. The van der Waals surface area contributed by atoms with Crippen molar-refractivity contribution in [2.45, 2.75) is 13.5 Å². The molecule has 160 valence electrons. The number of nitrogens with two attached hydrogens (primary N) is 1. The van der Waals surface area contributed by atoms with Crippen LogP contribution in [0.25, 0.3) is 0 Å². The van der Waals surface area contributed by atoms with Gasteiger partial charge in [0, 0.05) is 6.20 Å². The molecule has 2 aromatic heterocycles. The Morgan fingerprint density at radius 2 is 2.03 bits per heavy atom. The number of benzene rings is 1. The van der Waals surface area contributed by atoms with Crippen LogP contribution in [0.2, 0.25) is 5.02 Å². The van der Waals surface area contributed by atoms with Gasteiger partial charge in [0.15, 0.2) is 11.6 Å². The topological polar surface area (TPSA) is 123 Å². The summed E-state index contributed by atoms with van der Waals surface area (Å²) in [6.07, 6.45) is 2.77. The molecule has 8 nitrogen and oxygen atoms in total. The summed E-state index contributed by atoms with van der Waals surface area (Å²) in [7, 11) is 1.32. The van der Waals surface area contributed by atoms with Crippen LogP contribution in [0.5, 0.6) is 5.75 Å². The Morgan fingerprint density at radius 3 is 2.71 bits per heavy atom. The van der Waals surface area contributed by atoms with Crippen molar-refractivity contribution in [2.24, 2.45) is 0 Å². The van der Waals surface area contributed by atoms with Gasteiger partial charge in [-0.3, -0.25) is 15.2 Å². The number of hydrogen-bond acceptors (Lipinski definition) is 7. The standard InChI is InChI=1S/C21H19ClFN5O3/c1-11-3-6-16(31-10-13-5-4-12(22)8-26-13)18(23)17(11)21(29)28-14-7-15(20(25)30-2)19(24)27-9-14/h3-9,25H,10H2,1-2H3,(H2,24,27)(H,28,29). The Hall–Kier alpha value is -3.72. The normalized spacial score (nSPS) is 10.5. The fraction of sp³-hybridized carbons (Fsp3) is 0.143. The van der Waals surface area contributed by atoms with Gasteiger partial charge in [0.25, 0.3) is 5.91 Å². The lowest BCUT2D eigenvalue weighted by Crippen LogP contribution is -2.17. The van der Waals surface area contributed by atoms with E-state index in [1.165, 1.54) is 31.6 Å². The highest BCUT2D eigenvalue weighted by atomic mass is 35.5. The number of aromatic nitrogens is 2. The molecule has 10 heteroatoms. The van der Waals surface area contributed by atoms with Crippen LogP contribution in [-0.2, 0) is 11.3 Å². The van der Waals surface area contributed by atoms with E-state index in [2.05, 4.69) is 15.3 Å². The Kier molecular flexibility index (Phi) is 6.66. The molecule has 2 heterocycles. The van der Waals surface area contributed by atoms with E-state index in [0.717, 1.165) is 0 Å². The Bertz CT molecular complexity index is 1140. The van der Waals surface area contributed by atoms with Crippen LogP contribution in [0, 0.1) is 18.2 Å². The molecular weight excluding hydrogens is 425 g/mol. The summed E-state index contributed by atoms with van der Waals surface area (Å²) in [6.45, 7) is 1.61. The van der Waals surface area contributed by atoms with Gasteiger partial charge in [-0.05, 0) is 36.8 Å². The number of rotatable bonds is 6. The molecular formula is C21H19ClFN5O3. The quantitative estimate of drug-likeness (QED) is 0.391. The first kappa shape index (κ1) is 22.0. The minimum Gasteiger partial charge on any atom is -0.484 e. The Balaban J connectivity index is 1.82. The number of carbonyl (C=O) groups is 1. The Morgan fingerprint density at radius 1 is 1.26 bits per heavy atom. The van der Waals surface area contributed by atoms with E-state index in [-0.39, 0.29) is 40.9 Å². The highest BCUT2D eigenvalue weighted by Gasteiger charge is 2.20. The highest BCUT2D eigenvalue weighted by molar-refractivity contribution is 6.30. The predicted octanol–water partition coefficient (Wildman–Crippen LogP) is 3.96. The van der Waals surface area contributed by atoms with Crippen molar-refractivity contribution >= 4 is 34.9 Å². The van der Waals surface area contributed by atoms with Crippen molar-refractivity contribution in [3.8, 4) is 5.75 Å². The lowest BCUT2D eigenvalue weighted by molar-refractivity contribution is 0.102. The van der Waals surface area contributed by atoms with Crippen LogP contribution < -0.4 is 15.8 Å². The van der Waals surface area contributed by atoms with Gasteiger partial charge in [0.1, 0.15) is 12.4 Å². The molecule has 0 aliphatic heterocycles. The minimum absolute atomic E-state index is 0.00256. The van der Waals surface area contributed by atoms with Gasteiger partial charge in [-0.25, -0.2) is 9.37 Å². The van der Waals surface area contributed by atoms with Gasteiger partial charge in [-0.15, -0.1) is 0 Å². The van der Waals surface area contributed by atoms with Crippen LogP contribution in [0.15, 0.2) is 42.7 Å². The van der Waals surface area contributed by atoms with Crippen LogP contribution in [0.4, 0.5) is 15.9 Å². The second-order valence-electron chi connectivity index (χ2n) is 6.47. The summed E-state index contributed by atoms with van der Waals surface area (Å²) >= 11 is 5.80. The number of amides is 1. The van der Waals surface area contributed by atoms with Crippen molar-refractivity contribution in [3.63, 3.8) is 0 Å². The van der Waals surface area contributed by atoms with E-state index in [9.17, 15) is 4.79 Å². The molecule has 0 saturated carbocycles. The molecule has 1 amide bonds. The molecule has 0 atom stereocenters. The van der Waals surface area contributed by atoms with Crippen molar-refractivity contribution in [1.29, 1.82) is 5.41 Å². The second kappa shape index (κ2) is 9.40. The SMILES string of the molecule is COC(=N)c1cc(NC(=O)c2c(C)ccc(OCc3ccc(Cl)cn3)c2F)cnc1N. The zero-order valence-electron chi connectivity index (χ0n) is 16.7. The molecule has 0 unspecified atom stereocenters. The summed E-state index contributed by atoms with van der Waals surface area (Å²) < 4.78 is 25.4. The molecule has 0 saturated heterocycles. The summed E-state index contributed by atoms with van der Waals surface area (Å²) in [6, 6.07) is 7.75. The summed E-state index contributed by atoms with van der Waals surface area (Å²) in [5.41, 5.74) is 6.95. The van der Waals surface area contributed by atoms with E-state index in [0.29, 0.717) is 16.3 Å². The largest absolute Gasteiger partial charge is 0.484 e. The minimum atomic E-state index is -0.806. The molecule has 4 N–H and O–H groups in total. The lowest BCUT2D eigenvalue weighted by atomic mass is 10.1. The van der Waals surface area contributed by atoms with Crippen molar-refractivity contribution in [3.05, 3.63) is 75.9 Å². The molecule has 0 aliphatic rings. The van der Waals surface area contributed by atoms with E-state index >= 15 is 4.39 Å². The maximum absolute atomic E-state index is 15.1. The van der Waals surface area contributed by atoms with Crippen LogP contribution in [0.3, 0.4) is 0 Å². The van der Waals surface area contributed by atoms with Crippen LogP contribution in [-0.4, -0.2) is 28.9 Å². The Labute approximate surface area is 182 Å². The molecule has 0 bridgehead atoms. The average molecular weight is 444 g/mol. The van der Waals surface area contributed by atoms with Crippen molar-refractivity contribution in [1.82, 2.24) is 9.97 Å². The third-order valence-electron chi connectivity index (χ3n) is 4.33. The van der Waals surface area contributed by atoms with Gasteiger partial charge in [-0.2, -0.15) is 0 Å². The molecule has 0 radical (unpaired) electrons. The summed E-state index contributed by atoms with van der Waals surface area (Å²) in [5, 5.41) is 10.8. The molecule has 1 aromatic carbocycles. The predicted molar refractivity (Wildman–Crippen MR) is 115 cm³/mol. The molecule has 0 fully saturated rings. The zero-order chi connectivity index (χ0) is 22.5. The van der Waals surface area contributed by atoms with E-state index in [4.69, 9.17) is 32.2 Å². The monoisotopic (exact) mass is 443 g/mol. The third kappa shape index (κ3) is 5.07. The average Bonchev–Trinajstić information content (AvgIpc) is 2.75. The smallest absolute Gasteiger partial charge is 0.259 e. The summed E-state index contributed by atoms with van der Waals surface area (Å²) in [5.74, 6) is -1.75. The first-order chi connectivity index (χ1) is 14.8. The number of nitrogens with one attached hydrogen (secondary N) is 2. The van der Waals surface area contributed by atoms with E-state index in [1.807, 2.05) is 0 Å². The number of nitrogen functional groups attached to an aromatic ring is 1. The number of methoxy groups -OCH3 is 1. The second-order valence-corrected chi connectivity index (χ2v) is 6.91. The number of ether oxygens (including phenoxy) is 2. The van der Waals surface area contributed by atoms with Gasteiger partial charge >= 0.3 is 0 Å². The number of carbonyl (C=O) groups excluding carboxylic acids is 1. The van der Waals surface area contributed by atoms with Crippen molar-refractivity contribution in [2.75, 3.05) is 18.2 Å². The van der Waals surface area contributed by atoms with Gasteiger partial charge < -0.3 is 20.5 Å². The molecule has 31 heavy (non-hydrogen) atoms. The fourth-order valence-corrected chi connectivity index (χ4v) is 2.83. The number of pyridine rings is 2. The van der Waals surface area contributed by atoms with Crippen molar-refractivity contribution < 1.29 is 18.7 Å². The number of hydrogen-bond donors (Lipinski definition) is 3. The molecule has 0 spiro atoms.